The first kappa shape index (κ1) is 26.7. The minimum absolute atomic E-state index is 0.0923. The second-order valence-corrected chi connectivity index (χ2v) is 13.4. The summed E-state index contributed by atoms with van der Waals surface area (Å²) in [6.07, 6.45) is 18.1. The first-order valence-electron chi connectivity index (χ1n) is 14.8. The summed E-state index contributed by atoms with van der Waals surface area (Å²) in [4.78, 5) is 0. The van der Waals surface area contributed by atoms with Crippen LogP contribution in [0.15, 0.2) is 11.6 Å². The molecule has 0 aromatic rings. The number of allylic oxidation sites excluding steroid dienone is 1. The summed E-state index contributed by atoms with van der Waals surface area (Å²) in [5.41, 5.74) is 2.69. The third-order valence-corrected chi connectivity index (χ3v) is 11.1. The molecule has 4 aliphatic rings. The topological polar surface area (TPSA) is 38.7 Å². The second-order valence-electron chi connectivity index (χ2n) is 13.4. The van der Waals surface area contributed by atoms with E-state index in [1.165, 1.54) is 64.2 Å². The van der Waals surface area contributed by atoms with Crippen LogP contribution in [0, 0.1) is 46.3 Å². The Bertz CT molecular complexity index is 686. The lowest BCUT2D eigenvalue weighted by Crippen LogP contribution is -2.51. The highest BCUT2D eigenvalue weighted by molar-refractivity contribution is 5.25. The molecular formula is C31H54O3. The van der Waals surface area contributed by atoms with Crippen molar-refractivity contribution in [2.45, 2.75) is 111 Å². The van der Waals surface area contributed by atoms with E-state index < -0.39 is 0 Å². The number of fused-ring (bicyclic) bond motifs is 5. The monoisotopic (exact) mass is 474 g/mol. The zero-order valence-corrected chi connectivity index (χ0v) is 23.0. The number of aliphatic hydroxyl groups excluding tert-OH is 1. The van der Waals surface area contributed by atoms with Crippen LogP contribution < -0.4 is 0 Å². The van der Waals surface area contributed by atoms with E-state index in [-0.39, 0.29) is 6.61 Å². The van der Waals surface area contributed by atoms with Crippen molar-refractivity contribution in [1.82, 2.24) is 0 Å². The molecule has 3 unspecified atom stereocenters. The Morgan fingerprint density at radius 3 is 2.56 bits per heavy atom. The number of hydrogen-bond acceptors (Lipinski definition) is 3. The van der Waals surface area contributed by atoms with E-state index in [1.807, 2.05) is 0 Å². The molecule has 0 spiro atoms. The van der Waals surface area contributed by atoms with Crippen LogP contribution in [0.1, 0.15) is 105 Å². The van der Waals surface area contributed by atoms with Gasteiger partial charge in [0, 0.05) is 0 Å². The molecule has 3 heteroatoms. The van der Waals surface area contributed by atoms with Gasteiger partial charge in [-0.15, -0.1) is 0 Å². The molecule has 0 aliphatic heterocycles. The van der Waals surface area contributed by atoms with Crippen LogP contribution in [0.3, 0.4) is 0 Å². The third kappa shape index (κ3) is 5.32. The Morgan fingerprint density at radius 1 is 0.971 bits per heavy atom. The van der Waals surface area contributed by atoms with Gasteiger partial charge in [-0.2, -0.15) is 0 Å². The minimum atomic E-state index is 0.0923. The Kier molecular flexibility index (Phi) is 8.90. The zero-order chi connectivity index (χ0) is 24.3. The first-order chi connectivity index (χ1) is 16.3. The van der Waals surface area contributed by atoms with Crippen LogP contribution in [-0.2, 0) is 9.47 Å². The van der Waals surface area contributed by atoms with Crippen LogP contribution in [0.5, 0.6) is 0 Å². The van der Waals surface area contributed by atoms with Gasteiger partial charge in [0.25, 0.3) is 0 Å². The van der Waals surface area contributed by atoms with Crippen LogP contribution in [0.2, 0.25) is 0 Å². The highest BCUT2D eigenvalue weighted by atomic mass is 16.5. The average molecular weight is 475 g/mol. The highest BCUT2D eigenvalue weighted by Gasteiger charge is 2.59. The molecule has 0 aromatic carbocycles. The van der Waals surface area contributed by atoms with Crippen LogP contribution in [-0.4, -0.2) is 37.6 Å². The summed E-state index contributed by atoms with van der Waals surface area (Å²) in [7, 11) is 0. The fourth-order valence-corrected chi connectivity index (χ4v) is 9.23. The maximum Gasteiger partial charge on any atom is 0.0704 e. The standard InChI is InChI=1S/C31H54O3/c1-22(2)7-6-8-23(3)27-11-12-28-26-10-9-24-21-25(34-20-19-33-18-17-32)13-15-30(24,4)29(26)14-16-31(27,28)5/h9,22-23,25-29,32H,6-8,10-21H2,1-5H3/t23-,25+,26?,27-,28?,29?,30+,31-/m1/s1. The van der Waals surface area contributed by atoms with E-state index in [0.717, 1.165) is 41.9 Å². The van der Waals surface area contributed by atoms with Crippen molar-refractivity contribution in [3.8, 4) is 0 Å². The summed E-state index contributed by atoms with van der Waals surface area (Å²) in [6.45, 7) is 14.4. The van der Waals surface area contributed by atoms with E-state index in [0.29, 0.717) is 36.8 Å². The van der Waals surface area contributed by atoms with Gasteiger partial charge < -0.3 is 14.6 Å². The number of aliphatic hydroxyl groups is 1. The van der Waals surface area contributed by atoms with Crippen molar-refractivity contribution < 1.29 is 14.6 Å². The molecule has 0 heterocycles. The molecule has 0 aromatic heterocycles. The molecule has 34 heavy (non-hydrogen) atoms. The van der Waals surface area contributed by atoms with Gasteiger partial charge in [0.05, 0.1) is 32.5 Å². The molecule has 4 aliphatic carbocycles. The number of rotatable bonds is 11. The van der Waals surface area contributed by atoms with E-state index >= 15 is 0 Å². The molecule has 196 valence electrons. The molecule has 3 fully saturated rings. The number of ether oxygens (including phenoxy) is 2. The van der Waals surface area contributed by atoms with E-state index in [9.17, 15) is 0 Å². The maximum absolute atomic E-state index is 8.86. The second kappa shape index (κ2) is 11.3. The predicted molar refractivity (Wildman–Crippen MR) is 141 cm³/mol. The minimum Gasteiger partial charge on any atom is -0.394 e. The molecule has 0 amide bonds. The molecule has 0 bridgehead atoms. The highest BCUT2D eigenvalue weighted by Crippen LogP contribution is 2.67. The van der Waals surface area contributed by atoms with Gasteiger partial charge in [0.15, 0.2) is 0 Å². The molecule has 4 rings (SSSR count). The van der Waals surface area contributed by atoms with Crippen molar-refractivity contribution in [2.75, 3.05) is 26.4 Å². The number of hydrogen-bond donors (Lipinski definition) is 1. The lowest BCUT2D eigenvalue weighted by Gasteiger charge is -2.58. The Morgan fingerprint density at radius 2 is 1.79 bits per heavy atom. The zero-order valence-electron chi connectivity index (χ0n) is 23.0. The van der Waals surface area contributed by atoms with E-state index in [4.69, 9.17) is 14.6 Å². The van der Waals surface area contributed by atoms with Gasteiger partial charge >= 0.3 is 0 Å². The third-order valence-electron chi connectivity index (χ3n) is 11.1. The largest absolute Gasteiger partial charge is 0.394 e. The smallest absolute Gasteiger partial charge is 0.0704 e. The predicted octanol–water partition coefficient (Wildman–Crippen LogP) is 7.42. The van der Waals surface area contributed by atoms with Crippen LogP contribution in [0.4, 0.5) is 0 Å². The van der Waals surface area contributed by atoms with E-state index in [1.54, 1.807) is 5.57 Å². The van der Waals surface area contributed by atoms with Crippen molar-refractivity contribution in [3.63, 3.8) is 0 Å². The lowest BCUT2D eigenvalue weighted by molar-refractivity contribution is -0.0683. The molecule has 1 N–H and O–H groups in total. The lowest BCUT2D eigenvalue weighted by atomic mass is 9.47. The summed E-state index contributed by atoms with van der Waals surface area (Å²) in [6, 6.07) is 0. The Balaban J connectivity index is 1.37. The van der Waals surface area contributed by atoms with Gasteiger partial charge in [0.2, 0.25) is 0 Å². The molecule has 0 saturated heterocycles. The van der Waals surface area contributed by atoms with Gasteiger partial charge in [0.1, 0.15) is 0 Å². The maximum atomic E-state index is 8.86. The van der Waals surface area contributed by atoms with Gasteiger partial charge in [-0.3, -0.25) is 0 Å². The molecule has 0 radical (unpaired) electrons. The first-order valence-corrected chi connectivity index (χ1v) is 14.8. The van der Waals surface area contributed by atoms with Crippen molar-refractivity contribution in [1.29, 1.82) is 0 Å². The Labute approximate surface area is 210 Å². The van der Waals surface area contributed by atoms with Gasteiger partial charge in [-0.1, -0.05) is 65.5 Å². The fourth-order valence-electron chi connectivity index (χ4n) is 9.23. The summed E-state index contributed by atoms with van der Waals surface area (Å²) < 4.78 is 11.6. The van der Waals surface area contributed by atoms with Crippen LogP contribution >= 0.6 is 0 Å². The van der Waals surface area contributed by atoms with Gasteiger partial charge in [-0.05, 0) is 97.7 Å². The quantitative estimate of drug-likeness (QED) is 0.250. The molecule has 3 saturated carbocycles. The molecular weight excluding hydrogens is 420 g/mol. The van der Waals surface area contributed by atoms with Crippen molar-refractivity contribution in [3.05, 3.63) is 11.6 Å². The Hall–Kier alpha value is -0.380. The van der Waals surface area contributed by atoms with Gasteiger partial charge in [-0.25, -0.2) is 0 Å². The summed E-state index contributed by atoms with van der Waals surface area (Å²) in [5, 5.41) is 8.86. The van der Waals surface area contributed by atoms with Crippen LogP contribution in [0.25, 0.3) is 0 Å². The fraction of sp³-hybridized carbons (Fsp3) is 0.935. The SMILES string of the molecule is CC(C)CCC[C@@H](C)[C@H]1CCC2C3CC=C4C[C@@H](OCCOCCO)CC[C@]4(C)C3CC[C@@]21C. The summed E-state index contributed by atoms with van der Waals surface area (Å²) >= 11 is 0. The molecule has 3 nitrogen and oxygen atoms in total. The summed E-state index contributed by atoms with van der Waals surface area (Å²) in [5.74, 6) is 5.42. The average Bonchev–Trinajstić information content (AvgIpc) is 3.16. The normalized spacial score (nSPS) is 40.4. The molecule has 8 atom stereocenters. The van der Waals surface area contributed by atoms with Crippen molar-refractivity contribution in [2.24, 2.45) is 46.3 Å². The van der Waals surface area contributed by atoms with Crippen molar-refractivity contribution >= 4 is 0 Å². The van der Waals surface area contributed by atoms with E-state index in [2.05, 4.69) is 40.7 Å².